The molecule has 3 rings (SSSR count). The first-order valence-electron chi connectivity index (χ1n) is 8.34. The lowest BCUT2D eigenvalue weighted by Crippen LogP contribution is -2.33. The van der Waals surface area contributed by atoms with Crippen molar-refractivity contribution in [2.75, 3.05) is 11.9 Å². The molecule has 140 valence electrons. The number of nitrogens with zero attached hydrogens (tertiary/aromatic N) is 2. The topological polar surface area (TPSA) is 61.8 Å². The minimum absolute atomic E-state index is 0.0399. The Hall–Kier alpha value is -2.19. The van der Waals surface area contributed by atoms with Gasteiger partial charge in [0.05, 0.1) is 5.69 Å². The summed E-state index contributed by atoms with van der Waals surface area (Å²) in [6.45, 7) is 2.27. The lowest BCUT2D eigenvalue weighted by molar-refractivity contribution is -0.128. The highest BCUT2D eigenvalue weighted by atomic mass is 79.9. The van der Waals surface area contributed by atoms with Gasteiger partial charge in [0, 0.05) is 23.1 Å². The van der Waals surface area contributed by atoms with Crippen LogP contribution in [0.2, 0.25) is 0 Å². The molecule has 0 bridgehead atoms. The van der Waals surface area contributed by atoms with Gasteiger partial charge in [-0.15, -0.1) is 0 Å². The van der Waals surface area contributed by atoms with Crippen LogP contribution >= 0.6 is 27.7 Å². The lowest BCUT2D eigenvalue weighted by atomic mass is 10.2. The average molecular weight is 450 g/mol. The van der Waals surface area contributed by atoms with Gasteiger partial charge in [0.1, 0.15) is 11.1 Å². The first-order chi connectivity index (χ1) is 13.0. The summed E-state index contributed by atoms with van der Waals surface area (Å²) < 4.78 is 14.3. The summed E-state index contributed by atoms with van der Waals surface area (Å²) in [6, 6.07) is 13.1. The number of amides is 2. The number of benzene rings is 2. The second kappa shape index (κ2) is 8.67. The molecule has 1 aliphatic rings. The third-order valence-corrected chi connectivity index (χ3v) is 5.57. The zero-order valence-electron chi connectivity index (χ0n) is 14.5. The molecule has 0 aliphatic carbocycles. The molecule has 1 aliphatic heterocycles. The van der Waals surface area contributed by atoms with Gasteiger partial charge in [-0.25, -0.2) is 9.38 Å². The van der Waals surface area contributed by atoms with E-state index in [0.29, 0.717) is 23.1 Å². The number of aliphatic imine (C=N–C) groups is 1. The zero-order valence-corrected chi connectivity index (χ0v) is 16.9. The monoisotopic (exact) mass is 449 g/mol. The van der Waals surface area contributed by atoms with Crippen molar-refractivity contribution in [3.05, 3.63) is 58.8 Å². The smallest absolute Gasteiger partial charge is 0.242 e. The first-order valence-corrected chi connectivity index (χ1v) is 10.0. The molecule has 0 spiro atoms. The SMILES string of the molecule is CCN1C(=O)[C@@H](CC(=O)Nc2ccc(Br)cc2)SC1=Nc1cccc(F)c1. The van der Waals surface area contributed by atoms with E-state index in [1.54, 1.807) is 24.3 Å². The zero-order chi connectivity index (χ0) is 19.4. The van der Waals surface area contributed by atoms with Gasteiger partial charge in [-0.3, -0.25) is 14.5 Å². The first kappa shape index (κ1) is 19.6. The Balaban J connectivity index is 1.70. The molecule has 0 saturated carbocycles. The summed E-state index contributed by atoms with van der Waals surface area (Å²) >= 11 is 4.57. The number of rotatable bonds is 5. The molecule has 2 aromatic carbocycles. The van der Waals surface area contributed by atoms with Crippen molar-refractivity contribution in [3.63, 3.8) is 0 Å². The van der Waals surface area contributed by atoms with Crippen LogP contribution in [0.5, 0.6) is 0 Å². The van der Waals surface area contributed by atoms with Gasteiger partial charge in [-0.2, -0.15) is 0 Å². The maximum absolute atomic E-state index is 13.4. The Labute approximate surface area is 169 Å². The van der Waals surface area contributed by atoms with Crippen molar-refractivity contribution in [2.45, 2.75) is 18.6 Å². The van der Waals surface area contributed by atoms with Crippen molar-refractivity contribution < 1.29 is 14.0 Å². The third kappa shape index (κ3) is 4.95. The Bertz CT molecular complexity index is 889. The summed E-state index contributed by atoms with van der Waals surface area (Å²) in [6.07, 6.45) is 0.0399. The van der Waals surface area contributed by atoms with E-state index >= 15 is 0 Å². The van der Waals surface area contributed by atoms with Gasteiger partial charge in [0.15, 0.2) is 5.17 Å². The maximum atomic E-state index is 13.4. The van der Waals surface area contributed by atoms with E-state index in [2.05, 4.69) is 26.2 Å². The van der Waals surface area contributed by atoms with Crippen LogP contribution in [0.4, 0.5) is 15.8 Å². The van der Waals surface area contributed by atoms with Crippen LogP contribution in [0.15, 0.2) is 58.0 Å². The van der Waals surface area contributed by atoms with Crippen molar-refractivity contribution in [1.29, 1.82) is 0 Å². The number of carbonyl (C=O) groups excluding carboxylic acids is 2. The number of carbonyl (C=O) groups is 2. The molecule has 1 heterocycles. The second-order valence-corrected chi connectivity index (χ2v) is 7.91. The molecule has 0 radical (unpaired) electrons. The van der Waals surface area contributed by atoms with Gasteiger partial charge < -0.3 is 5.32 Å². The van der Waals surface area contributed by atoms with Crippen molar-refractivity contribution in [1.82, 2.24) is 4.90 Å². The molecule has 2 amide bonds. The number of halogens is 2. The predicted molar refractivity (Wildman–Crippen MR) is 110 cm³/mol. The molecular weight excluding hydrogens is 433 g/mol. The van der Waals surface area contributed by atoms with Gasteiger partial charge in [0.2, 0.25) is 11.8 Å². The molecule has 2 aromatic rings. The minimum atomic E-state index is -0.548. The van der Waals surface area contributed by atoms with E-state index in [1.807, 2.05) is 19.1 Å². The molecule has 1 fully saturated rings. The average Bonchev–Trinajstić information content (AvgIpc) is 2.91. The number of hydrogen-bond donors (Lipinski definition) is 1. The molecule has 1 atom stereocenters. The van der Waals surface area contributed by atoms with Gasteiger partial charge in [-0.1, -0.05) is 33.8 Å². The predicted octanol–water partition coefficient (Wildman–Crippen LogP) is 4.57. The normalized spacial score (nSPS) is 18.2. The van der Waals surface area contributed by atoms with Crippen molar-refractivity contribution in [2.24, 2.45) is 4.99 Å². The van der Waals surface area contributed by atoms with E-state index in [4.69, 9.17) is 0 Å². The Morgan fingerprint density at radius 3 is 2.70 bits per heavy atom. The maximum Gasteiger partial charge on any atom is 0.242 e. The Morgan fingerprint density at radius 2 is 2.04 bits per heavy atom. The van der Waals surface area contributed by atoms with Crippen LogP contribution in [-0.2, 0) is 9.59 Å². The van der Waals surface area contributed by atoms with Crippen LogP contribution < -0.4 is 5.32 Å². The quantitative estimate of drug-likeness (QED) is 0.726. The number of thioether (sulfide) groups is 1. The van der Waals surface area contributed by atoms with Gasteiger partial charge in [0.25, 0.3) is 0 Å². The molecule has 8 heteroatoms. The molecule has 5 nitrogen and oxygen atoms in total. The minimum Gasteiger partial charge on any atom is -0.326 e. The van der Waals surface area contributed by atoms with Crippen LogP contribution in [-0.4, -0.2) is 33.7 Å². The fourth-order valence-corrected chi connectivity index (χ4v) is 4.07. The van der Waals surface area contributed by atoms with E-state index in [9.17, 15) is 14.0 Å². The Morgan fingerprint density at radius 1 is 1.30 bits per heavy atom. The Kier molecular flexibility index (Phi) is 6.28. The molecule has 27 heavy (non-hydrogen) atoms. The number of anilines is 1. The van der Waals surface area contributed by atoms with Crippen LogP contribution in [0.1, 0.15) is 13.3 Å². The highest BCUT2D eigenvalue weighted by molar-refractivity contribution is 9.10. The second-order valence-electron chi connectivity index (χ2n) is 5.82. The van der Waals surface area contributed by atoms with E-state index in [-0.39, 0.29) is 24.1 Å². The van der Waals surface area contributed by atoms with Crippen molar-refractivity contribution in [3.8, 4) is 0 Å². The number of hydrogen-bond acceptors (Lipinski definition) is 4. The van der Waals surface area contributed by atoms with Crippen LogP contribution in [0.3, 0.4) is 0 Å². The summed E-state index contributed by atoms with van der Waals surface area (Å²) in [5, 5.41) is 2.72. The van der Waals surface area contributed by atoms with Crippen LogP contribution in [0.25, 0.3) is 0 Å². The molecule has 1 N–H and O–H groups in total. The fraction of sp³-hybridized carbons (Fsp3) is 0.211. The van der Waals surface area contributed by atoms with E-state index in [1.165, 1.54) is 28.8 Å². The fourth-order valence-electron chi connectivity index (χ4n) is 2.59. The van der Waals surface area contributed by atoms with E-state index in [0.717, 1.165) is 4.47 Å². The molecule has 1 saturated heterocycles. The molecule has 0 aromatic heterocycles. The van der Waals surface area contributed by atoms with Gasteiger partial charge >= 0.3 is 0 Å². The summed E-state index contributed by atoms with van der Waals surface area (Å²) in [4.78, 5) is 30.8. The highest BCUT2D eigenvalue weighted by Crippen LogP contribution is 2.31. The third-order valence-electron chi connectivity index (χ3n) is 3.87. The lowest BCUT2D eigenvalue weighted by Gasteiger charge is -2.13. The van der Waals surface area contributed by atoms with Crippen LogP contribution in [0, 0.1) is 5.82 Å². The molecular formula is C19H17BrFN3O2S. The van der Waals surface area contributed by atoms with Crippen molar-refractivity contribution >= 4 is 56.0 Å². The number of amidine groups is 1. The summed E-state index contributed by atoms with van der Waals surface area (Å²) in [5.41, 5.74) is 1.10. The largest absolute Gasteiger partial charge is 0.326 e. The van der Waals surface area contributed by atoms with E-state index < -0.39 is 5.25 Å². The standard InChI is InChI=1S/C19H17BrFN3O2S/c1-2-24-18(26)16(11-17(25)22-14-8-6-12(20)7-9-14)27-19(24)23-15-5-3-4-13(21)10-15/h3-10,16H,2,11H2,1H3,(H,22,25)/t16-/m1/s1. The molecule has 0 unspecified atom stereocenters. The highest BCUT2D eigenvalue weighted by Gasteiger charge is 2.38. The number of nitrogens with one attached hydrogen (secondary N) is 1. The summed E-state index contributed by atoms with van der Waals surface area (Å²) in [7, 11) is 0. The summed E-state index contributed by atoms with van der Waals surface area (Å²) in [5.74, 6) is -0.797. The van der Waals surface area contributed by atoms with Gasteiger partial charge in [-0.05, 0) is 49.4 Å².